The number of benzene rings is 2. The van der Waals surface area contributed by atoms with Crippen molar-refractivity contribution in [1.29, 1.82) is 0 Å². The molecule has 4 aromatic rings. The molecule has 2 aromatic carbocycles. The van der Waals surface area contributed by atoms with E-state index in [1.165, 1.54) is 37.8 Å². The number of carboxylic acid groups (broad SMARTS) is 2. The van der Waals surface area contributed by atoms with Gasteiger partial charge in [-0.1, -0.05) is 18.2 Å². The van der Waals surface area contributed by atoms with Crippen molar-refractivity contribution in [2.24, 2.45) is 0 Å². The van der Waals surface area contributed by atoms with E-state index in [0.717, 1.165) is 16.7 Å². The largest absolute Gasteiger partial charge is 0.496 e. The van der Waals surface area contributed by atoms with Crippen molar-refractivity contribution < 1.29 is 29.3 Å². The van der Waals surface area contributed by atoms with Crippen LogP contribution in [-0.4, -0.2) is 46.3 Å². The average molecular weight is 485 g/mol. The second-order valence-corrected chi connectivity index (χ2v) is 7.81. The Balaban J connectivity index is 1.64. The summed E-state index contributed by atoms with van der Waals surface area (Å²) >= 11 is 0. The number of carbonyl (C=O) groups is 2. The summed E-state index contributed by atoms with van der Waals surface area (Å²) in [7, 11) is 3.09. The molecule has 0 saturated heterocycles. The zero-order valence-corrected chi connectivity index (χ0v) is 19.6. The van der Waals surface area contributed by atoms with Gasteiger partial charge in [0.25, 0.3) is 0 Å². The summed E-state index contributed by atoms with van der Waals surface area (Å²) < 4.78 is 11.2. The van der Waals surface area contributed by atoms with Crippen LogP contribution in [0.25, 0.3) is 11.1 Å². The second-order valence-electron chi connectivity index (χ2n) is 7.81. The summed E-state index contributed by atoms with van der Waals surface area (Å²) in [6, 6.07) is 14.1. The van der Waals surface area contributed by atoms with Gasteiger partial charge in [-0.3, -0.25) is 9.97 Å². The maximum Gasteiger partial charge on any atom is 0.337 e. The number of pyridine rings is 2. The number of hydrogen-bond acceptors (Lipinski definition) is 7. The van der Waals surface area contributed by atoms with Crippen molar-refractivity contribution in [2.45, 2.75) is 6.42 Å². The minimum atomic E-state index is -1.07. The first kappa shape index (κ1) is 24.2. The number of aromatic nitrogens is 2. The third-order valence-electron chi connectivity index (χ3n) is 5.66. The Morgan fingerprint density at radius 2 is 1.36 bits per heavy atom. The van der Waals surface area contributed by atoms with E-state index in [4.69, 9.17) is 9.47 Å². The molecule has 3 N–H and O–H groups in total. The Morgan fingerprint density at radius 1 is 0.750 bits per heavy atom. The highest BCUT2D eigenvalue weighted by atomic mass is 16.5. The van der Waals surface area contributed by atoms with Gasteiger partial charge in [-0.2, -0.15) is 0 Å². The van der Waals surface area contributed by atoms with E-state index in [0.29, 0.717) is 34.9 Å². The van der Waals surface area contributed by atoms with Crippen LogP contribution in [-0.2, 0) is 6.42 Å². The number of aromatic carboxylic acids is 2. The lowest BCUT2D eigenvalue weighted by Crippen LogP contribution is -2.04. The maximum absolute atomic E-state index is 11.6. The Bertz CT molecular complexity index is 1330. The SMILES string of the molecule is COc1cc(-c2ccc(Nc3cnccc3C(=O)O)c(OC)c2)ccc1Cc1cnccc1C(=O)O. The Hall–Kier alpha value is -4.92. The number of rotatable bonds is 9. The Labute approximate surface area is 207 Å². The molecule has 0 bridgehead atoms. The Kier molecular flexibility index (Phi) is 7.10. The molecule has 182 valence electrons. The molecule has 2 aromatic heterocycles. The van der Waals surface area contributed by atoms with Crippen LogP contribution in [0.15, 0.2) is 73.3 Å². The molecule has 2 heterocycles. The fourth-order valence-corrected chi connectivity index (χ4v) is 3.85. The van der Waals surface area contributed by atoms with Gasteiger partial charge in [0.1, 0.15) is 11.5 Å². The molecule has 0 unspecified atom stereocenters. The summed E-state index contributed by atoms with van der Waals surface area (Å²) in [5.41, 5.74) is 4.33. The van der Waals surface area contributed by atoms with Gasteiger partial charge in [-0.05, 0) is 52.6 Å². The predicted octanol–water partition coefficient (Wildman–Crippen LogP) is 4.89. The zero-order chi connectivity index (χ0) is 25.7. The van der Waals surface area contributed by atoms with Crippen LogP contribution in [0.2, 0.25) is 0 Å². The molecular weight excluding hydrogens is 462 g/mol. The smallest absolute Gasteiger partial charge is 0.337 e. The van der Waals surface area contributed by atoms with Gasteiger partial charge in [-0.25, -0.2) is 9.59 Å². The van der Waals surface area contributed by atoms with Crippen LogP contribution < -0.4 is 14.8 Å². The third-order valence-corrected chi connectivity index (χ3v) is 5.66. The van der Waals surface area contributed by atoms with Crippen LogP contribution in [0, 0.1) is 0 Å². The fourth-order valence-electron chi connectivity index (χ4n) is 3.85. The van der Waals surface area contributed by atoms with Crippen molar-refractivity contribution in [3.05, 3.63) is 95.6 Å². The normalized spacial score (nSPS) is 10.5. The molecule has 0 atom stereocenters. The topological polar surface area (TPSA) is 131 Å². The molecule has 0 radical (unpaired) electrons. The minimum Gasteiger partial charge on any atom is -0.496 e. The standard InChI is InChI=1S/C27H23N3O6/c1-35-24-12-16(3-4-18(24)11-19-14-28-9-7-20(19)26(31)32)17-5-6-22(25(13-17)36-2)30-23-15-29-10-8-21(23)27(33)34/h3-10,12-15,30H,11H2,1-2H3,(H,31,32)(H,33,34). The molecule has 9 heteroatoms. The summed E-state index contributed by atoms with van der Waals surface area (Å²) in [5, 5.41) is 22.0. The van der Waals surface area contributed by atoms with Crippen molar-refractivity contribution in [1.82, 2.24) is 9.97 Å². The summed E-state index contributed by atoms with van der Waals surface area (Å²) in [6.07, 6.45) is 6.21. The Morgan fingerprint density at radius 3 is 2.03 bits per heavy atom. The van der Waals surface area contributed by atoms with E-state index >= 15 is 0 Å². The van der Waals surface area contributed by atoms with Crippen molar-refractivity contribution in [3.63, 3.8) is 0 Å². The van der Waals surface area contributed by atoms with Gasteiger partial charge in [0.05, 0.1) is 42.9 Å². The summed E-state index contributed by atoms with van der Waals surface area (Å²) in [6.45, 7) is 0. The van der Waals surface area contributed by atoms with E-state index < -0.39 is 11.9 Å². The third kappa shape index (κ3) is 5.10. The molecule has 0 aliphatic carbocycles. The van der Waals surface area contributed by atoms with E-state index in [1.54, 1.807) is 19.4 Å². The first-order valence-corrected chi connectivity index (χ1v) is 10.9. The lowest BCUT2D eigenvalue weighted by molar-refractivity contribution is 0.0686. The van der Waals surface area contributed by atoms with Crippen LogP contribution in [0.3, 0.4) is 0 Å². The lowest BCUT2D eigenvalue weighted by atomic mass is 9.97. The highest BCUT2D eigenvalue weighted by Gasteiger charge is 2.15. The number of carboxylic acids is 2. The van der Waals surface area contributed by atoms with Gasteiger partial charge in [0, 0.05) is 25.0 Å². The summed E-state index contributed by atoms with van der Waals surface area (Å²) in [5.74, 6) is -0.956. The molecule has 36 heavy (non-hydrogen) atoms. The quantitative estimate of drug-likeness (QED) is 0.303. The number of nitrogens with zero attached hydrogens (tertiary/aromatic N) is 2. The van der Waals surface area contributed by atoms with E-state index in [9.17, 15) is 19.8 Å². The zero-order valence-electron chi connectivity index (χ0n) is 19.6. The van der Waals surface area contributed by atoms with Crippen LogP contribution >= 0.6 is 0 Å². The van der Waals surface area contributed by atoms with Gasteiger partial charge < -0.3 is 25.0 Å². The van der Waals surface area contributed by atoms with Crippen LogP contribution in [0.1, 0.15) is 31.8 Å². The first-order chi connectivity index (χ1) is 17.4. The average Bonchev–Trinajstić information content (AvgIpc) is 2.89. The van der Waals surface area contributed by atoms with Crippen LogP contribution in [0.4, 0.5) is 11.4 Å². The number of ether oxygens (including phenoxy) is 2. The van der Waals surface area contributed by atoms with Gasteiger partial charge in [-0.15, -0.1) is 0 Å². The molecular formula is C27H23N3O6. The van der Waals surface area contributed by atoms with Gasteiger partial charge in [0.2, 0.25) is 0 Å². The van der Waals surface area contributed by atoms with Gasteiger partial charge in [0.15, 0.2) is 0 Å². The van der Waals surface area contributed by atoms with Crippen molar-refractivity contribution >= 4 is 23.3 Å². The molecule has 4 rings (SSSR count). The minimum absolute atomic E-state index is 0.0936. The second kappa shape index (κ2) is 10.6. The molecule has 0 fully saturated rings. The highest BCUT2D eigenvalue weighted by Crippen LogP contribution is 2.35. The fraction of sp³-hybridized carbons (Fsp3) is 0.111. The number of anilines is 2. The number of nitrogens with one attached hydrogen (secondary N) is 1. The van der Waals surface area contributed by atoms with E-state index in [1.807, 2.05) is 30.3 Å². The number of methoxy groups -OCH3 is 2. The van der Waals surface area contributed by atoms with E-state index in [2.05, 4.69) is 15.3 Å². The lowest BCUT2D eigenvalue weighted by Gasteiger charge is -2.15. The predicted molar refractivity (Wildman–Crippen MR) is 133 cm³/mol. The number of hydrogen-bond donors (Lipinski definition) is 3. The molecule has 9 nitrogen and oxygen atoms in total. The van der Waals surface area contributed by atoms with E-state index in [-0.39, 0.29) is 11.1 Å². The molecule has 0 spiro atoms. The summed E-state index contributed by atoms with van der Waals surface area (Å²) in [4.78, 5) is 31.1. The van der Waals surface area contributed by atoms with Crippen molar-refractivity contribution in [2.75, 3.05) is 19.5 Å². The first-order valence-electron chi connectivity index (χ1n) is 10.9. The van der Waals surface area contributed by atoms with Crippen molar-refractivity contribution in [3.8, 4) is 22.6 Å². The van der Waals surface area contributed by atoms with Gasteiger partial charge >= 0.3 is 11.9 Å². The highest BCUT2D eigenvalue weighted by molar-refractivity contribution is 5.95. The van der Waals surface area contributed by atoms with Crippen LogP contribution in [0.5, 0.6) is 11.5 Å². The molecule has 0 amide bonds. The molecule has 0 aliphatic heterocycles. The molecule has 0 aliphatic rings. The maximum atomic E-state index is 11.6. The monoisotopic (exact) mass is 485 g/mol. The molecule has 0 saturated carbocycles.